The van der Waals surface area contributed by atoms with Crippen LogP contribution < -0.4 is 4.72 Å². The van der Waals surface area contributed by atoms with E-state index in [4.69, 9.17) is 5.26 Å². The molecule has 0 bridgehead atoms. The zero-order chi connectivity index (χ0) is 13.7. The Hall–Kier alpha value is -2.17. The SMILES string of the molecule is N#CCc1ccc(S(=O)(=O)NCc2cnc[nH]2)cc1. The summed E-state index contributed by atoms with van der Waals surface area (Å²) in [6.45, 7) is 0.155. The van der Waals surface area contributed by atoms with Gasteiger partial charge in [-0.3, -0.25) is 0 Å². The fourth-order valence-corrected chi connectivity index (χ4v) is 2.52. The number of imidazole rings is 1. The fourth-order valence-electron chi connectivity index (χ4n) is 1.52. The van der Waals surface area contributed by atoms with E-state index >= 15 is 0 Å². The zero-order valence-corrected chi connectivity index (χ0v) is 10.8. The Morgan fingerprint density at radius 3 is 2.63 bits per heavy atom. The summed E-state index contributed by atoms with van der Waals surface area (Å²) in [5.41, 5.74) is 1.47. The summed E-state index contributed by atoms with van der Waals surface area (Å²) in [6, 6.07) is 8.25. The number of hydrogen-bond acceptors (Lipinski definition) is 4. The highest BCUT2D eigenvalue weighted by Crippen LogP contribution is 2.11. The van der Waals surface area contributed by atoms with E-state index < -0.39 is 10.0 Å². The summed E-state index contributed by atoms with van der Waals surface area (Å²) < 4.78 is 26.4. The molecule has 7 heteroatoms. The van der Waals surface area contributed by atoms with Crippen molar-refractivity contribution in [3.8, 4) is 6.07 Å². The van der Waals surface area contributed by atoms with Crippen LogP contribution in [0.1, 0.15) is 11.3 Å². The third-order valence-corrected chi connectivity index (χ3v) is 3.94. The van der Waals surface area contributed by atoms with E-state index in [-0.39, 0.29) is 17.9 Å². The van der Waals surface area contributed by atoms with Gasteiger partial charge in [0.25, 0.3) is 0 Å². The second-order valence-corrected chi connectivity index (χ2v) is 5.65. The standard InChI is InChI=1S/C12H12N4O2S/c13-6-5-10-1-3-12(4-2-10)19(17,18)16-8-11-7-14-9-15-11/h1-4,7,9,16H,5,8H2,(H,14,15). The minimum absolute atomic E-state index is 0.155. The smallest absolute Gasteiger partial charge is 0.240 e. The van der Waals surface area contributed by atoms with E-state index in [1.165, 1.54) is 18.5 Å². The van der Waals surface area contributed by atoms with Crippen molar-refractivity contribution < 1.29 is 8.42 Å². The molecule has 0 fully saturated rings. The summed E-state index contributed by atoms with van der Waals surface area (Å²) in [5, 5.41) is 8.55. The van der Waals surface area contributed by atoms with Gasteiger partial charge in [0.05, 0.1) is 30.3 Å². The minimum Gasteiger partial charge on any atom is -0.347 e. The molecule has 1 aromatic heterocycles. The molecule has 19 heavy (non-hydrogen) atoms. The summed E-state index contributed by atoms with van der Waals surface area (Å²) >= 11 is 0. The lowest BCUT2D eigenvalue weighted by atomic mass is 10.2. The van der Waals surface area contributed by atoms with E-state index in [0.29, 0.717) is 5.69 Å². The Balaban J connectivity index is 2.09. The first-order valence-corrected chi connectivity index (χ1v) is 7.03. The Kier molecular flexibility index (Phi) is 3.94. The highest BCUT2D eigenvalue weighted by molar-refractivity contribution is 7.89. The highest BCUT2D eigenvalue weighted by atomic mass is 32.2. The van der Waals surface area contributed by atoms with Crippen molar-refractivity contribution in [1.29, 1.82) is 5.26 Å². The van der Waals surface area contributed by atoms with E-state index in [2.05, 4.69) is 14.7 Å². The number of sulfonamides is 1. The minimum atomic E-state index is -3.55. The van der Waals surface area contributed by atoms with Gasteiger partial charge in [0.15, 0.2) is 0 Å². The lowest BCUT2D eigenvalue weighted by Gasteiger charge is -2.06. The summed E-state index contributed by atoms with van der Waals surface area (Å²) in [4.78, 5) is 6.79. The van der Waals surface area contributed by atoms with Crippen LogP contribution in [0.4, 0.5) is 0 Å². The average molecular weight is 276 g/mol. The zero-order valence-electron chi connectivity index (χ0n) is 10.00. The average Bonchev–Trinajstić information content (AvgIpc) is 2.91. The number of nitrogens with zero attached hydrogens (tertiary/aromatic N) is 2. The molecular weight excluding hydrogens is 264 g/mol. The molecule has 1 aromatic carbocycles. The van der Waals surface area contributed by atoms with Crippen LogP contribution in [0, 0.1) is 11.3 Å². The number of rotatable bonds is 5. The molecule has 2 rings (SSSR count). The second-order valence-electron chi connectivity index (χ2n) is 3.88. The molecule has 0 spiro atoms. The summed E-state index contributed by atoms with van der Waals surface area (Å²) in [7, 11) is -3.55. The maximum absolute atomic E-state index is 12.0. The van der Waals surface area contributed by atoms with E-state index in [1.54, 1.807) is 18.3 Å². The molecule has 6 nitrogen and oxygen atoms in total. The van der Waals surface area contributed by atoms with Crippen LogP contribution in [0.3, 0.4) is 0 Å². The molecule has 0 aliphatic carbocycles. The molecule has 0 aliphatic heterocycles. The van der Waals surface area contributed by atoms with E-state index in [0.717, 1.165) is 5.56 Å². The number of aromatic amines is 1. The first kappa shape index (κ1) is 13.3. The normalized spacial score (nSPS) is 11.1. The van der Waals surface area contributed by atoms with Gasteiger partial charge in [-0.15, -0.1) is 0 Å². The van der Waals surface area contributed by atoms with Crippen LogP contribution in [-0.4, -0.2) is 18.4 Å². The van der Waals surface area contributed by atoms with Gasteiger partial charge < -0.3 is 4.98 Å². The maximum Gasteiger partial charge on any atom is 0.240 e. The van der Waals surface area contributed by atoms with E-state index in [1.807, 2.05) is 6.07 Å². The van der Waals surface area contributed by atoms with Crippen LogP contribution in [0.15, 0.2) is 41.7 Å². The van der Waals surface area contributed by atoms with Crippen molar-refractivity contribution in [3.05, 3.63) is 48.0 Å². The van der Waals surface area contributed by atoms with Crippen molar-refractivity contribution in [2.45, 2.75) is 17.9 Å². The van der Waals surface area contributed by atoms with Gasteiger partial charge in [-0.1, -0.05) is 12.1 Å². The van der Waals surface area contributed by atoms with Crippen molar-refractivity contribution in [2.75, 3.05) is 0 Å². The molecule has 0 atom stereocenters. The number of hydrogen-bond donors (Lipinski definition) is 2. The Morgan fingerprint density at radius 2 is 2.05 bits per heavy atom. The van der Waals surface area contributed by atoms with Crippen LogP contribution in [-0.2, 0) is 23.0 Å². The van der Waals surface area contributed by atoms with Gasteiger partial charge in [0.2, 0.25) is 10.0 Å². The number of nitrogens with one attached hydrogen (secondary N) is 2. The lowest BCUT2D eigenvalue weighted by molar-refractivity contribution is 0.580. The largest absolute Gasteiger partial charge is 0.347 e. The fraction of sp³-hybridized carbons (Fsp3) is 0.167. The molecule has 0 unspecified atom stereocenters. The predicted molar refractivity (Wildman–Crippen MR) is 68.4 cm³/mol. The van der Waals surface area contributed by atoms with Gasteiger partial charge in [0, 0.05) is 11.9 Å². The van der Waals surface area contributed by atoms with Crippen LogP contribution in [0.25, 0.3) is 0 Å². The first-order valence-electron chi connectivity index (χ1n) is 5.54. The molecule has 1 heterocycles. The molecule has 0 radical (unpaired) electrons. The predicted octanol–water partition coefficient (Wildman–Crippen LogP) is 0.954. The third kappa shape index (κ3) is 3.40. The molecule has 98 valence electrons. The second kappa shape index (κ2) is 5.65. The van der Waals surface area contributed by atoms with Crippen molar-refractivity contribution in [3.63, 3.8) is 0 Å². The van der Waals surface area contributed by atoms with Crippen molar-refractivity contribution in [1.82, 2.24) is 14.7 Å². The number of H-pyrrole nitrogens is 1. The number of nitriles is 1. The van der Waals surface area contributed by atoms with Crippen LogP contribution in [0.2, 0.25) is 0 Å². The van der Waals surface area contributed by atoms with Crippen LogP contribution in [0.5, 0.6) is 0 Å². The van der Waals surface area contributed by atoms with Crippen LogP contribution >= 0.6 is 0 Å². The first-order chi connectivity index (χ1) is 9.12. The third-order valence-electron chi connectivity index (χ3n) is 2.52. The van der Waals surface area contributed by atoms with Gasteiger partial charge >= 0.3 is 0 Å². The number of benzene rings is 1. The van der Waals surface area contributed by atoms with Gasteiger partial charge in [-0.05, 0) is 17.7 Å². The molecular formula is C12H12N4O2S. The Labute approximate surface area is 111 Å². The Morgan fingerprint density at radius 1 is 1.32 bits per heavy atom. The maximum atomic E-state index is 12.0. The van der Waals surface area contributed by atoms with E-state index in [9.17, 15) is 8.42 Å². The van der Waals surface area contributed by atoms with Crippen molar-refractivity contribution in [2.24, 2.45) is 0 Å². The molecule has 0 amide bonds. The summed E-state index contributed by atoms with van der Waals surface area (Å²) in [5.74, 6) is 0. The molecule has 2 aromatic rings. The topological polar surface area (TPSA) is 98.6 Å². The van der Waals surface area contributed by atoms with Gasteiger partial charge in [-0.2, -0.15) is 5.26 Å². The Bertz CT molecular complexity index is 670. The monoisotopic (exact) mass is 276 g/mol. The quantitative estimate of drug-likeness (QED) is 0.849. The summed E-state index contributed by atoms with van der Waals surface area (Å²) in [6.07, 6.45) is 3.31. The molecule has 0 saturated carbocycles. The molecule has 2 N–H and O–H groups in total. The number of aromatic nitrogens is 2. The van der Waals surface area contributed by atoms with Crippen molar-refractivity contribution >= 4 is 10.0 Å². The molecule has 0 saturated heterocycles. The lowest BCUT2D eigenvalue weighted by Crippen LogP contribution is -2.23. The molecule has 0 aliphatic rings. The van der Waals surface area contributed by atoms with Gasteiger partial charge in [-0.25, -0.2) is 18.1 Å². The van der Waals surface area contributed by atoms with Gasteiger partial charge in [0.1, 0.15) is 0 Å². The highest BCUT2D eigenvalue weighted by Gasteiger charge is 2.13.